The van der Waals surface area contributed by atoms with E-state index in [9.17, 15) is 0 Å². The summed E-state index contributed by atoms with van der Waals surface area (Å²) < 4.78 is 0. The van der Waals surface area contributed by atoms with Crippen LogP contribution in [0.4, 0.5) is 0 Å². The molecular weight excluding hydrogens is 799 g/mol. The highest BCUT2D eigenvalue weighted by Crippen LogP contribution is 2.41. The molecule has 2 heterocycles. The SMILES string of the molecule is c1ccc(-c2ccc(-c3cc(-c4ccc(-c5ccc(-c6nc7c(-c8ccccc8)cccc7c7c6ccc6ccccc67)cc5)cc4)nc(-c4ccc(-c5ccccc5)cc4)n3)cc2)cc1. The zero-order chi connectivity index (χ0) is 43.8. The van der Waals surface area contributed by atoms with Crippen LogP contribution >= 0.6 is 0 Å². The monoisotopic (exact) mass is 839 g/mol. The van der Waals surface area contributed by atoms with Crippen LogP contribution in [0.1, 0.15) is 0 Å². The van der Waals surface area contributed by atoms with Crippen LogP contribution in [-0.4, -0.2) is 15.0 Å². The molecule has 0 atom stereocenters. The van der Waals surface area contributed by atoms with E-state index < -0.39 is 0 Å². The van der Waals surface area contributed by atoms with Crippen LogP contribution in [-0.2, 0) is 0 Å². The lowest BCUT2D eigenvalue weighted by atomic mass is 9.92. The van der Waals surface area contributed by atoms with Crippen molar-refractivity contribution in [2.75, 3.05) is 0 Å². The summed E-state index contributed by atoms with van der Waals surface area (Å²) in [6.45, 7) is 0. The van der Waals surface area contributed by atoms with Gasteiger partial charge in [-0.1, -0.05) is 243 Å². The molecule has 0 spiro atoms. The minimum atomic E-state index is 0.688. The van der Waals surface area contributed by atoms with Crippen LogP contribution in [0.25, 0.3) is 122 Å². The second-order valence-electron chi connectivity index (χ2n) is 16.7. The molecule has 0 unspecified atom stereocenters. The summed E-state index contributed by atoms with van der Waals surface area (Å²) in [4.78, 5) is 15.8. The number of aromatic nitrogens is 3. The lowest BCUT2D eigenvalue weighted by molar-refractivity contribution is 1.18. The minimum Gasteiger partial charge on any atom is -0.246 e. The van der Waals surface area contributed by atoms with Gasteiger partial charge in [-0.05, 0) is 55.8 Å². The van der Waals surface area contributed by atoms with Gasteiger partial charge in [-0.15, -0.1) is 0 Å². The highest BCUT2D eigenvalue weighted by Gasteiger charge is 2.17. The number of benzene rings is 10. The second kappa shape index (κ2) is 16.7. The first kappa shape index (κ1) is 38.9. The Bertz CT molecular complexity index is 3580. The van der Waals surface area contributed by atoms with E-state index in [0.717, 1.165) is 83.4 Å². The standard InChI is InChI=1S/C63H41N3/c1-4-13-42(14-5-1)44-23-31-50(32-24-44)58-41-59(65-63(64-58)53-37-29-45(30-38-53)43-15-6-2-7-16-43)51-33-25-46(26-34-51)47-27-35-52(36-28-47)61-57-40-39-49-19-10-11-20-54(49)60(57)56-22-12-21-55(62(56)66-61)48-17-8-3-9-18-48/h1-41H. The van der Waals surface area contributed by atoms with E-state index in [-0.39, 0.29) is 0 Å². The number of rotatable bonds is 8. The van der Waals surface area contributed by atoms with Gasteiger partial charge in [0.1, 0.15) is 0 Å². The maximum Gasteiger partial charge on any atom is 0.160 e. The number of pyridine rings is 1. The lowest BCUT2D eigenvalue weighted by Gasteiger charge is -2.15. The Hall–Kier alpha value is -8.79. The Balaban J connectivity index is 0.905. The fourth-order valence-corrected chi connectivity index (χ4v) is 9.30. The van der Waals surface area contributed by atoms with Gasteiger partial charge in [0.05, 0.1) is 22.6 Å². The zero-order valence-electron chi connectivity index (χ0n) is 36.0. The Morgan fingerprint density at radius 1 is 0.242 bits per heavy atom. The molecule has 0 amide bonds. The molecule has 0 saturated carbocycles. The molecule has 0 fully saturated rings. The fraction of sp³-hybridized carbons (Fsp3) is 0. The largest absolute Gasteiger partial charge is 0.246 e. The first-order chi connectivity index (χ1) is 32.7. The third kappa shape index (κ3) is 7.29. The fourth-order valence-electron chi connectivity index (χ4n) is 9.30. The second-order valence-corrected chi connectivity index (χ2v) is 16.7. The van der Waals surface area contributed by atoms with Gasteiger partial charge < -0.3 is 0 Å². The van der Waals surface area contributed by atoms with Crippen LogP contribution < -0.4 is 0 Å². The van der Waals surface area contributed by atoms with Crippen molar-refractivity contribution in [3.63, 3.8) is 0 Å². The summed E-state index contributed by atoms with van der Waals surface area (Å²) in [6, 6.07) is 88.1. The molecule has 0 aliphatic carbocycles. The molecule has 3 heteroatoms. The van der Waals surface area contributed by atoms with Gasteiger partial charge in [0.15, 0.2) is 5.82 Å². The van der Waals surface area contributed by atoms with Gasteiger partial charge in [-0.2, -0.15) is 0 Å². The highest BCUT2D eigenvalue weighted by atomic mass is 14.9. The molecule has 66 heavy (non-hydrogen) atoms. The van der Waals surface area contributed by atoms with E-state index in [4.69, 9.17) is 15.0 Å². The topological polar surface area (TPSA) is 38.7 Å². The molecule has 0 saturated heterocycles. The third-order valence-electron chi connectivity index (χ3n) is 12.7. The van der Waals surface area contributed by atoms with Crippen molar-refractivity contribution in [3.8, 4) is 89.7 Å². The molecule has 0 radical (unpaired) electrons. The smallest absolute Gasteiger partial charge is 0.160 e. The molecule has 308 valence electrons. The number of hydrogen-bond acceptors (Lipinski definition) is 3. The Morgan fingerprint density at radius 2 is 0.667 bits per heavy atom. The molecule has 12 rings (SSSR count). The van der Waals surface area contributed by atoms with E-state index in [2.05, 4.69) is 237 Å². The molecule has 12 aromatic rings. The van der Waals surface area contributed by atoms with Crippen LogP contribution in [0.15, 0.2) is 249 Å². The van der Waals surface area contributed by atoms with Gasteiger partial charge in [-0.3, -0.25) is 0 Å². The zero-order valence-corrected chi connectivity index (χ0v) is 36.0. The third-order valence-corrected chi connectivity index (χ3v) is 12.7. The van der Waals surface area contributed by atoms with Crippen molar-refractivity contribution in [2.45, 2.75) is 0 Å². The molecule has 0 N–H and O–H groups in total. The first-order valence-corrected chi connectivity index (χ1v) is 22.4. The summed E-state index contributed by atoms with van der Waals surface area (Å²) in [6.07, 6.45) is 0. The van der Waals surface area contributed by atoms with Crippen LogP contribution in [0.3, 0.4) is 0 Å². The van der Waals surface area contributed by atoms with Crippen molar-refractivity contribution >= 4 is 32.4 Å². The summed E-state index contributed by atoms with van der Waals surface area (Å²) in [5.41, 5.74) is 17.1. The van der Waals surface area contributed by atoms with Gasteiger partial charge in [0.2, 0.25) is 0 Å². The lowest BCUT2D eigenvalue weighted by Crippen LogP contribution is -1.96. The number of para-hydroxylation sites is 1. The van der Waals surface area contributed by atoms with E-state index in [0.29, 0.717) is 5.82 Å². The molecule has 3 nitrogen and oxygen atoms in total. The number of hydrogen-bond donors (Lipinski definition) is 0. The van der Waals surface area contributed by atoms with Gasteiger partial charge in [0, 0.05) is 44.0 Å². The van der Waals surface area contributed by atoms with Crippen molar-refractivity contribution in [1.29, 1.82) is 0 Å². The quantitative estimate of drug-likeness (QED) is 0.143. The van der Waals surface area contributed by atoms with Crippen LogP contribution in [0, 0.1) is 0 Å². The normalized spacial score (nSPS) is 11.3. The van der Waals surface area contributed by atoms with Crippen molar-refractivity contribution in [1.82, 2.24) is 15.0 Å². The predicted octanol–water partition coefficient (Wildman–Crippen LogP) is 16.7. The van der Waals surface area contributed by atoms with E-state index in [1.54, 1.807) is 0 Å². The van der Waals surface area contributed by atoms with Crippen molar-refractivity contribution in [2.24, 2.45) is 0 Å². The highest BCUT2D eigenvalue weighted by molar-refractivity contribution is 6.24. The van der Waals surface area contributed by atoms with E-state index in [1.165, 1.54) is 32.8 Å². The van der Waals surface area contributed by atoms with Gasteiger partial charge in [-0.25, -0.2) is 15.0 Å². The number of fused-ring (bicyclic) bond motifs is 5. The summed E-state index contributed by atoms with van der Waals surface area (Å²) in [7, 11) is 0. The Morgan fingerprint density at radius 3 is 1.21 bits per heavy atom. The molecule has 10 aromatic carbocycles. The van der Waals surface area contributed by atoms with Gasteiger partial charge >= 0.3 is 0 Å². The summed E-state index contributed by atoms with van der Waals surface area (Å²) >= 11 is 0. The predicted molar refractivity (Wildman–Crippen MR) is 276 cm³/mol. The maximum absolute atomic E-state index is 5.49. The molecule has 2 aromatic heterocycles. The van der Waals surface area contributed by atoms with Gasteiger partial charge in [0.25, 0.3) is 0 Å². The van der Waals surface area contributed by atoms with E-state index >= 15 is 0 Å². The average molecular weight is 840 g/mol. The summed E-state index contributed by atoms with van der Waals surface area (Å²) in [5, 5.41) is 5.99. The maximum atomic E-state index is 5.49. The molecule has 0 aliphatic rings. The Labute approximate surface area is 384 Å². The van der Waals surface area contributed by atoms with Crippen molar-refractivity contribution in [3.05, 3.63) is 249 Å². The average Bonchev–Trinajstić information content (AvgIpc) is 3.41. The molecular formula is C63H41N3. The first-order valence-electron chi connectivity index (χ1n) is 22.4. The minimum absolute atomic E-state index is 0.688. The van der Waals surface area contributed by atoms with E-state index in [1.807, 2.05) is 12.1 Å². The van der Waals surface area contributed by atoms with Crippen LogP contribution in [0.2, 0.25) is 0 Å². The number of nitrogens with zero attached hydrogens (tertiary/aromatic N) is 3. The molecule has 0 aliphatic heterocycles. The molecule has 0 bridgehead atoms. The Kier molecular flexibility index (Phi) is 9.85. The summed E-state index contributed by atoms with van der Waals surface area (Å²) in [5.74, 6) is 0.688. The van der Waals surface area contributed by atoms with Crippen LogP contribution in [0.5, 0.6) is 0 Å². The van der Waals surface area contributed by atoms with Crippen molar-refractivity contribution < 1.29 is 0 Å².